The van der Waals surface area contributed by atoms with Gasteiger partial charge in [-0.2, -0.15) is 0 Å². The van der Waals surface area contributed by atoms with Crippen LogP contribution in [0.5, 0.6) is 0 Å². The summed E-state index contributed by atoms with van der Waals surface area (Å²) in [5.41, 5.74) is 5.99. The van der Waals surface area contributed by atoms with E-state index in [0.29, 0.717) is 12.3 Å². The first-order valence-corrected chi connectivity index (χ1v) is 7.08. The van der Waals surface area contributed by atoms with Crippen molar-refractivity contribution < 1.29 is 4.42 Å². The van der Waals surface area contributed by atoms with Crippen molar-refractivity contribution in [3.8, 4) is 0 Å². The number of aromatic nitrogens is 2. The molecule has 0 aliphatic carbocycles. The second-order valence-electron chi connectivity index (χ2n) is 5.02. The number of rotatable bonds is 5. The Morgan fingerprint density at radius 2 is 1.91 bits per heavy atom. The van der Waals surface area contributed by atoms with Crippen LogP contribution >= 0.6 is 0 Å². The predicted octanol–water partition coefficient (Wildman–Crippen LogP) is 1.37. The Kier molecular flexibility index (Phi) is 4.01. The number of nitrogens with two attached hydrogens (primary N) is 1. The predicted molar refractivity (Wildman–Crippen MR) is 87.3 cm³/mol. The Morgan fingerprint density at radius 1 is 1.13 bits per heavy atom. The largest absolute Gasteiger partial charge is 0.467 e. The molecule has 0 amide bonds. The van der Waals surface area contributed by atoms with Crippen molar-refractivity contribution in [3.05, 3.63) is 80.9 Å². The molecule has 0 spiro atoms. The molecule has 0 saturated carbocycles. The number of nitrogen functional groups attached to an aromatic ring is 1. The van der Waals surface area contributed by atoms with Gasteiger partial charge in [-0.05, 0) is 17.7 Å². The van der Waals surface area contributed by atoms with Gasteiger partial charge in [0.15, 0.2) is 0 Å². The van der Waals surface area contributed by atoms with E-state index in [4.69, 9.17) is 10.2 Å². The molecule has 2 aromatic heterocycles. The topological polar surface area (TPSA) is 106 Å². The zero-order valence-electron chi connectivity index (χ0n) is 12.3. The van der Waals surface area contributed by atoms with E-state index in [1.165, 1.54) is 4.57 Å². The third-order valence-electron chi connectivity index (χ3n) is 3.44. The molecule has 7 nitrogen and oxygen atoms in total. The summed E-state index contributed by atoms with van der Waals surface area (Å²) in [7, 11) is 0. The quantitative estimate of drug-likeness (QED) is 0.660. The molecule has 0 bridgehead atoms. The molecule has 0 aliphatic heterocycles. The standard InChI is InChI=1S/C16H16N4O3/c17-14-13(18-9-12-7-4-8-23-12)15(21)19-16(22)20(14)10-11-5-2-1-3-6-11/h1-8,18H,9-10,17H2,(H,19,21,22). The summed E-state index contributed by atoms with van der Waals surface area (Å²) in [5, 5.41) is 2.91. The fourth-order valence-corrected chi connectivity index (χ4v) is 2.27. The second kappa shape index (κ2) is 6.27. The number of hydrogen-bond acceptors (Lipinski definition) is 5. The molecule has 0 unspecified atom stereocenters. The van der Waals surface area contributed by atoms with Crippen LogP contribution in [-0.2, 0) is 13.1 Å². The Balaban J connectivity index is 1.92. The molecule has 0 saturated heterocycles. The molecule has 118 valence electrons. The van der Waals surface area contributed by atoms with Crippen LogP contribution in [0.15, 0.2) is 62.7 Å². The van der Waals surface area contributed by atoms with Crippen LogP contribution in [0.4, 0.5) is 11.5 Å². The van der Waals surface area contributed by atoms with Crippen molar-refractivity contribution in [3.63, 3.8) is 0 Å². The van der Waals surface area contributed by atoms with Gasteiger partial charge in [-0.15, -0.1) is 0 Å². The Morgan fingerprint density at radius 3 is 2.61 bits per heavy atom. The minimum atomic E-state index is -0.552. The van der Waals surface area contributed by atoms with Gasteiger partial charge in [0.25, 0.3) is 5.56 Å². The van der Waals surface area contributed by atoms with Gasteiger partial charge in [0.1, 0.15) is 17.3 Å². The van der Waals surface area contributed by atoms with E-state index in [-0.39, 0.29) is 18.1 Å². The highest BCUT2D eigenvalue weighted by Crippen LogP contribution is 2.13. The lowest BCUT2D eigenvalue weighted by Gasteiger charge is -2.13. The molecule has 3 rings (SSSR count). The third-order valence-corrected chi connectivity index (χ3v) is 3.44. The Labute approximate surface area is 131 Å². The van der Waals surface area contributed by atoms with Crippen molar-refractivity contribution >= 4 is 11.5 Å². The van der Waals surface area contributed by atoms with Gasteiger partial charge in [-0.1, -0.05) is 30.3 Å². The third kappa shape index (κ3) is 3.18. The van der Waals surface area contributed by atoms with E-state index in [0.717, 1.165) is 5.56 Å². The van der Waals surface area contributed by atoms with Crippen molar-refractivity contribution in [1.29, 1.82) is 0 Å². The van der Waals surface area contributed by atoms with Crippen molar-refractivity contribution in [2.24, 2.45) is 0 Å². The lowest BCUT2D eigenvalue weighted by molar-refractivity contribution is 0.518. The molecule has 0 aliphatic rings. The lowest BCUT2D eigenvalue weighted by atomic mass is 10.2. The molecule has 0 atom stereocenters. The summed E-state index contributed by atoms with van der Waals surface area (Å²) in [5.74, 6) is 0.749. The number of aromatic amines is 1. The highest BCUT2D eigenvalue weighted by atomic mass is 16.3. The average Bonchev–Trinajstić information content (AvgIpc) is 3.05. The number of H-pyrrole nitrogens is 1. The monoisotopic (exact) mass is 312 g/mol. The summed E-state index contributed by atoms with van der Waals surface area (Å²) in [6.45, 7) is 0.571. The van der Waals surface area contributed by atoms with E-state index in [1.54, 1.807) is 18.4 Å². The number of anilines is 2. The van der Waals surface area contributed by atoms with Crippen LogP contribution in [0, 0.1) is 0 Å². The molecular formula is C16H16N4O3. The van der Waals surface area contributed by atoms with E-state index in [2.05, 4.69) is 10.3 Å². The zero-order chi connectivity index (χ0) is 16.2. The fraction of sp³-hybridized carbons (Fsp3) is 0.125. The van der Waals surface area contributed by atoms with Crippen LogP contribution in [-0.4, -0.2) is 9.55 Å². The smallest absolute Gasteiger partial charge is 0.330 e. The van der Waals surface area contributed by atoms with Crippen LogP contribution in [0.2, 0.25) is 0 Å². The fourth-order valence-electron chi connectivity index (χ4n) is 2.27. The number of benzene rings is 1. The Bertz CT molecular complexity index is 895. The minimum Gasteiger partial charge on any atom is -0.467 e. The first-order valence-electron chi connectivity index (χ1n) is 7.08. The summed E-state index contributed by atoms with van der Waals surface area (Å²) in [6, 6.07) is 12.9. The minimum absolute atomic E-state index is 0.0918. The van der Waals surface area contributed by atoms with Gasteiger partial charge < -0.3 is 15.5 Å². The number of nitrogens with one attached hydrogen (secondary N) is 2. The van der Waals surface area contributed by atoms with Crippen LogP contribution < -0.4 is 22.3 Å². The maximum absolute atomic E-state index is 12.0. The first kappa shape index (κ1) is 14.7. The highest BCUT2D eigenvalue weighted by molar-refractivity contribution is 5.60. The van der Waals surface area contributed by atoms with Gasteiger partial charge in [0, 0.05) is 0 Å². The number of nitrogens with zero attached hydrogens (tertiary/aromatic N) is 1. The molecule has 3 aromatic rings. The molecule has 0 fully saturated rings. The average molecular weight is 312 g/mol. The van der Waals surface area contributed by atoms with Gasteiger partial charge in [0.2, 0.25) is 0 Å². The highest BCUT2D eigenvalue weighted by Gasteiger charge is 2.12. The SMILES string of the molecule is Nc1c(NCc2ccco2)c(=O)[nH]c(=O)n1Cc1ccccc1. The lowest BCUT2D eigenvalue weighted by Crippen LogP contribution is -2.34. The molecule has 7 heteroatoms. The maximum Gasteiger partial charge on any atom is 0.330 e. The van der Waals surface area contributed by atoms with Gasteiger partial charge in [0.05, 0.1) is 19.4 Å². The van der Waals surface area contributed by atoms with E-state index >= 15 is 0 Å². The number of furan rings is 1. The van der Waals surface area contributed by atoms with Crippen molar-refractivity contribution in [2.75, 3.05) is 11.1 Å². The van der Waals surface area contributed by atoms with Crippen LogP contribution in [0.1, 0.15) is 11.3 Å². The van der Waals surface area contributed by atoms with Crippen molar-refractivity contribution in [2.45, 2.75) is 13.1 Å². The van der Waals surface area contributed by atoms with E-state index in [1.807, 2.05) is 30.3 Å². The molecule has 1 aromatic carbocycles. The Hall–Kier alpha value is -3.22. The summed E-state index contributed by atoms with van der Waals surface area (Å²) in [6.07, 6.45) is 1.54. The molecule has 2 heterocycles. The van der Waals surface area contributed by atoms with E-state index < -0.39 is 11.2 Å². The van der Waals surface area contributed by atoms with Crippen LogP contribution in [0.3, 0.4) is 0 Å². The second-order valence-corrected chi connectivity index (χ2v) is 5.02. The van der Waals surface area contributed by atoms with Crippen LogP contribution in [0.25, 0.3) is 0 Å². The summed E-state index contributed by atoms with van der Waals surface area (Å²) < 4.78 is 6.52. The molecule has 4 N–H and O–H groups in total. The summed E-state index contributed by atoms with van der Waals surface area (Å²) >= 11 is 0. The maximum atomic E-state index is 12.0. The van der Waals surface area contributed by atoms with Gasteiger partial charge in [-0.3, -0.25) is 14.3 Å². The van der Waals surface area contributed by atoms with Gasteiger partial charge in [-0.25, -0.2) is 4.79 Å². The molecule has 23 heavy (non-hydrogen) atoms. The molecular weight excluding hydrogens is 296 g/mol. The van der Waals surface area contributed by atoms with Gasteiger partial charge >= 0.3 is 5.69 Å². The number of hydrogen-bond donors (Lipinski definition) is 3. The summed E-state index contributed by atoms with van der Waals surface area (Å²) in [4.78, 5) is 26.3. The van der Waals surface area contributed by atoms with Crippen molar-refractivity contribution in [1.82, 2.24) is 9.55 Å². The zero-order valence-corrected chi connectivity index (χ0v) is 12.3. The van der Waals surface area contributed by atoms with E-state index in [9.17, 15) is 9.59 Å². The first-order chi connectivity index (χ1) is 11.1. The molecule has 0 radical (unpaired) electrons. The normalized spacial score (nSPS) is 10.6.